The van der Waals surface area contributed by atoms with Crippen molar-refractivity contribution in [1.29, 1.82) is 0 Å². The predicted octanol–water partition coefficient (Wildman–Crippen LogP) is 5.61. The summed E-state index contributed by atoms with van der Waals surface area (Å²) in [7, 11) is -2.25. The SMILES string of the molecule is CNC(=O)C(Cc1ccccc1)N(Cc1ccc(C)cc1)C(=O)CN(c1ccc(C23CC4CC(CC(C4)C2)C3)cc1)S(C)(=O)=O. The molecule has 7 nitrogen and oxygen atoms in total. The van der Waals surface area contributed by atoms with Gasteiger partial charge in [-0.25, -0.2) is 8.42 Å². The number of likely N-dealkylation sites (N-methyl/N-ethyl adjacent to an activating group) is 1. The van der Waals surface area contributed by atoms with Crippen molar-refractivity contribution in [3.63, 3.8) is 0 Å². The van der Waals surface area contributed by atoms with Crippen LogP contribution < -0.4 is 9.62 Å². The standard InChI is InChI=1S/C37H45N3O4S/c1-26-9-11-28(12-10-26)24-39(34(36(42)38-2)20-27-7-5-4-6-8-27)35(41)25-40(45(3,43)44)33-15-13-32(14-16-33)37-21-29-17-30(22-37)19-31(18-29)23-37/h4-16,29-31,34H,17-25H2,1-3H3,(H,38,42). The van der Waals surface area contributed by atoms with Crippen molar-refractivity contribution in [2.24, 2.45) is 17.8 Å². The number of hydrogen-bond donors (Lipinski definition) is 1. The average molecular weight is 628 g/mol. The van der Waals surface area contributed by atoms with Gasteiger partial charge in [-0.05, 0) is 97.4 Å². The summed E-state index contributed by atoms with van der Waals surface area (Å²) in [6, 6.07) is 24.5. The lowest BCUT2D eigenvalue weighted by Gasteiger charge is -2.57. The number of benzene rings is 3. The van der Waals surface area contributed by atoms with E-state index in [0.29, 0.717) is 12.1 Å². The summed E-state index contributed by atoms with van der Waals surface area (Å²) < 4.78 is 27.6. The van der Waals surface area contributed by atoms with Crippen LogP contribution in [-0.2, 0) is 38.0 Å². The number of rotatable bonds is 11. The molecule has 0 radical (unpaired) electrons. The lowest BCUT2D eigenvalue weighted by molar-refractivity contribution is -0.139. The van der Waals surface area contributed by atoms with Gasteiger partial charge < -0.3 is 10.2 Å². The van der Waals surface area contributed by atoms with Crippen molar-refractivity contribution in [3.05, 3.63) is 101 Å². The Morgan fingerprint density at radius 2 is 1.42 bits per heavy atom. The Hall–Kier alpha value is -3.65. The fourth-order valence-corrected chi connectivity index (χ4v) is 9.52. The van der Waals surface area contributed by atoms with Crippen LogP contribution in [0.5, 0.6) is 0 Å². The Labute approximate surface area is 268 Å². The third-order valence-corrected chi connectivity index (χ3v) is 11.6. The molecule has 3 aromatic rings. The second kappa shape index (κ2) is 12.6. The molecule has 0 aromatic heterocycles. The van der Waals surface area contributed by atoms with E-state index in [9.17, 15) is 18.0 Å². The zero-order valence-corrected chi connectivity index (χ0v) is 27.4. The monoisotopic (exact) mass is 627 g/mol. The average Bonchev–Trinajstić information content (AvgIpc) is 3.01. The molecule has 2 amide bonds. The molecule has 8 heteroatoms. The predicted molar refractivity (Wildman–Crippen MR) is 178 cm³/mol. The smallest absolute Gasteiger partial charge is 0.244 e. The molecule has 4 aliphatic carbocycles. The van der Waals surface area contributed by atoms with Gasteiger partial charge in [0.1, 0.15) is 12.6 Å². The van der Waals surface area contributed by atoms with E-state index in [2.05, 4.69) is 17.4 Å². The molecule has 1 unspecified atom stereocenters. The summed E-state index contributed by atoms with van der Waals surface area (Å²) in [6.07, 6.45) is 9.20. The first-order valence-electron chi connectivity index (χ1n) is 16.2. The Bertz CT molecular complexity index is 1590. The number of carbonyl (C=O) groups is 2. The Morgan fingerprint density at radius 3 is 1.96 bits per heavy atom. The largest absolute Gasteiger partial charge is 0.357 e. The molecule has 4 fully saturated rings. The summed E-state index contributed by atoms with van der Waals surface area (Å²) in [5.41, 5.74) is 4.82. The number of nitrogens with one attached hydrogen (secondary N) is 1. The van der Waals surface area contributed by atoms with Gasteiger partial charge in [0.25, 0.3) is 0 Å². The van der Waals surface area contributed by atoms with Gasteiger partial charge in [-0.2, -0.15) is 0 Å². The minimum Gasteiger partial charge on any atom is -0.357 e. The lowest BCUT2D eigenvalue weighted by Crippen LogP contribution is -2.52. The van der Waals surface area contributed by atoms with Crippen molar-refractivity contribution in [2.75, 3.05) is 24.2 Å². The number of carbonyl (C=O) groups excluding carboxylic acids is 2. The maximum atomic E-state index is 14.2. The van der Waals surface area contributed by atoms with Gasteiger partial charge in [-0.1, -0.05) is 72.3 Å². The Kier molecular flexibility index (Phi) is 8.79. The van der Waals surface area contributed by atoms with Crippen molar-refractivity contribution >= 4 is 27.5 Å². The summed E-state index contributed by atoms with van der Waals surface area (Å²) >= 11 is 0. The van der Waals surface area contributed by atoms with Gasteiger partial charge in [0.15, 0.2) is 0 Å². The molecule has 238 valence electrons. The minimum atomic E-state index is -3.81. The summed E-state index contributed by atoms with van der Waals surface area (Å²) in [5.74, 6) is 1.69. The maximum Gasteiger partial charge on any atom is 0.244 e. The maximum absolute atomic E-state index is 14.2. The zero-order valence-electron chi connectivity index (χ0n) is 26.6. The molecule has 0 saturated heterocycles. The molecule has 4 bridgehead atoms. The molecule has 1 N–H and O–H groups in total. The zero-order chi connectivity index (χ0) is 31.8. The number of anilines is 1. The number of hydrogen-bond acceptors (Lipinski definition) is 4. The second-order valence-corrected chi connectivity index (χ2v) is 15.7. The van der Waals surface area contributed by atoms with Crippen LogP contribution in [0.15, 0.2) is 78.9 Å². The van der Waals surface area contributed by atoms with Crippen molar-refractivity contribution in [1.82, 2.24) is 10.2 Å². The van der Waals surface area contributed by atoms with Crippen molar-refractivity contribution in [3.8, 4) is 0 Å². The molecule has 1 atom stereocenters. The third kappa shape index (κ3) is 6.81. The molecule has 4 aliphatic rings. The van der Waals surface area contributed by atoms with E-state index in [4.69, 9.17) is 0 Å². The molecule has 7 rings (SSSR count). The van der Waals surface area contributed by atoms with E-state index in [1.807, 2.05) is 73.7 Å². The highest BCUT2D eigenvalue weighted by Crippen LogP contribution is 2.60. The third-order valence-electron chi connectivity index (χ3n) is 10.5. The van der Waals surface area contributed by atoms with Crippen LogP contribution in [0.3, 0.4) is 0 Å². The first-order valence-corrected chi connectivity index (χ1v) is 18.1. The van der Waals surface area contributed by atoms with Crippen LogP contribution in [0.2, 0.25) is 0 Å². The van der Waals surface area contributed by atoms with Crippen LogP contribution in [0.4, 0.5) is 5.69 Å². The first kappa shape index (κ1) is 31.3. The van der Waals surface area contributed by atoms with E-state index < -0.39 is 28.5 Å². The number of aryl methyl sites for hydroxylation is 1. The normalized spacial score (nSPS) is 24.2. The van der Waals surface area contributed by atoms with Crippen molar-refractivity contribution in [2.45, 2.75) is 69.9 Å². The molecular weight excluding hydrogens is 582 g/mol. The van der Waals surface area contributed by atoms with Gasteiger partial charge in [0.2, 0.25) is 21.8 Å². The fraction of sp³-hybridized carbons (Fsp3) is 0.459. The van der Waals surface area contributed by atoms with Gasteiger partial charge in [0.05, 0.1) is 11.9 Å². The molecule has 0 heterocycles. The van der Waals surface area contributed by atoms with Gasteiger partial charge in [-0.3, -0.25) is 13.9 Å². The Morgan fingerprint density at radius 1 is 0.844 bits per heavy atom. The molecule has 4 saturated carbocycles. The van der Waals surface area contributed by atoms with E-state index in [1.165, 1.54) is 53.3 Å². The number of amides is 2. The summed E-state index contributed by atoms with van der Waals surface area (Å²) in [6.45, 7) is 1.77. The topological polar surface area (TPSA) is 86.8 Å². The minimum absolute atomic E-state index is 0.173. The van der Waals surface area contributed by atoms with E-state index in [-0.39, 0.29) is 17.9 Å². The van der Waals surface area contributed by atoms with Gasteiger partial charge in [0, 0.05) is 20.0 Å². The molecule has 0 aliphatic heterocycles. The van der Waals surface area contributed by atoms with Gasteiger partial charge in [-0.15, -0.1) is 0 Å². The molecular formula is C37H45N3O4S. The highest BCUT2D eigenvalue weighted by Gasteiger charge is 2.51. The number of sulfonamides is 1. The summed E-state index contributed by atoms with van der Waals surface area (Å²) in [4.78, 5) is 29.1. The van der Waals surface area contributed by atoms with E-state index >= 15 is 0 Å². The quantitative estimate of drug-likeness (QED) is 0.299. The van der Waals surface area contributed by atoms with Crippen LogP contribution in [0.25, 0.3) is 0 Å². The highest BCUT2D eigenvalue weighted by molar-refractivity contribution is 7.92. The fourth-order valence-electron chi connectivity index (χ4n) is 8.67. The molecule has 3 aromatic carbocycles. The second-order valence-electron chi connectivity index (χ2n) is 13.8. The van der Waals surface area contributed by atoms with Crippen LogP contribution in [-0.4, -0.2) is 51.0 Å². The lowest BCUT2D eigenvalue weighted by atomic mass is 9.48. The molecule has 45 heavy (non-hydrogen) atoms. The van der Waals surface area contributed by atoms with Crippen LogP contribution in [0.1, 0.15) is 60.8 Å². The molecule has 0 spiro atoms. The highest BCUT2D eigenvalue weighted by atomic mass is 32.2. The summed E-state index contributed by atoms with van der Waals surface area (Å²) in [5, 5.41) is 2.73. The van der Waals surface area contributed by atoms with Crippen molar-refractivity contribution < 1.29 is 18.0 Å². The van der Waals surface area contributed by atoms with Crippen LogP contribution in [0, 0.1) is 24.7 Å². The van der Waals surface area contributed by atoms with Gasteiger partial charge >= 0.3 is 0 Å². The number of nitrogens with zero attached hydrogens (tertiary/aromatic N) is 2. The Balaban J connectivity index is 1.29. The van der Waals surface area contributed by atoms with Crippen LogP contribution >= 0.6 is 0 Å². The van der Waals surface area contributed by atoms with E-state index in [1.54, 1.807) is 7.05 Å². The van der Waals surface area contributed by atoms with E-state index in [0.717, 1.165) is 40.7 Å². The first-order chi connectivity index (χ1) is 21.5.